The fourth-order valence-electron chi connectivity index (χ4n) is 4.56. The number of hydrogen-bond acceptors (Lipinski definition) is 6. The molecule has 35 heavy (non-hydrogen) atoms. The third-order valence-electron chi connectivity index (χ3n) is 7.20. The van der Waals surface area contributed by atoms with E-state index in [4.69, 9.17) is 11.6 Å². The lowest BCUT2D eigenvalue weighted by atomic mass is 10.1. The number of fused-ring (bicyclic) bond motifs is 1. The van der Waals surface area contributed by atoms with E-state index in [1.807, 2.05) is 12.1 Å². The molecule has 0 radical (unpaired) electrons. The number of aliphatic hydroxyl groups is 2. The SMILES string of the molecule is CC(C)(C(O)CO)S(=O)(=O)C1(CN2CCn3c(C(=O)NCc4ccc(Cl)cc4)ccc3C2=O)CC1. The monoisotopic (exact) mass is 523 g/mol. The van der Waals surface area contributed by atoms with Crippen LogP contribution >= 0.6 is 11.6 Å². The summed E-state index contributed by atoms with van der Waals surface area (Å²) >= 11 is 5.89. The minimum Gasteiger partial charge on any atom is -0.394 e. The number of amides is 2. The summed E-state index contributed by atoms with van der Waals surface area (Å²) in [7, 11) is -3.87. The fourth-order valence-corrected chi connectivity index (χ4v) is 7.20. The minimum atomic E-state index is -3.87. The molecule has 1 aliphatic carbocycles. The molecule has 0 saturated heterocycles. The third-order valence-corrected chi connectivity index (χ3v) is 10.8. The van der Waals surface area contributed by atoms with Crippen LogP contribution in [0.3, 0.4) is 0 Å². The number of aliphatic hydroxyl groups excluding tert-OH is 2. The molecule has 1 aromatic carbocycles. The van der Waals surface area contributed by atoms with E-state index >= 15 is 0 Å². The van der Waals surface area contributed by atoms with Gasteiger partial charge in [0.25, 0.3) is 11.8 Å². The van der Waals surface area contributed by atoms with Gasteiger partial charge in [-0.25, -0.2) is 8.42 Å². The summed E-state index contributed by atoms with van der Waals surface area (Å²) < 4.78 is 25.7. The molecule has 11 heteroatoms. The number of carbonyl (C=O) groups excluding carboxylic acids is 2. The molecule has 3 N–H and O–H groups in total. The van der Waals surface area contributed by atoms with Gasteiger partial charge in [0.2, 0.25) is 0 Å². The first kappa shape index (κ1) is 25.7. The molecule has 1 unspecified atom stereocenters. The molecular formula is C24H30ClN3O6S. The van der Waals surface area contributed by atoms with Crippen molar-refractivity contribution in [3.63, 3.8) is 0 Å². The summed E-state index contributed by atoms with van der Waals surface area (Å²) in [5, 5.41) is 22.9. The molecule has 1 aliphatic heterocycles. The zero-order valence-corrected chi connectivity index (χ0v) is 21.3. The standard InChI is InChI=1S/C24H30ClN3O6S/c1-23(2,20(30)14-29)35(33,34)24(9-10-24)15-27-11-12-28-18(7-8-19(28)22(27)32)21(31)26-13-16-3-5-17(25)6-4-16/h3-8,20,29-30H,9-15H2,1-2H3,(H,26,31). The van der Waals surface area contributed by atoms with E-state index in [9.17, 15) is 28.2 Å². The van der Waals surface area contributed by atoms with Crippen molar-refractivity contribution in [3.8, 4) is 0 Å². The highest BCUT2D eigenvalue weighted by Gasteiger charge is 2.62. The second kappa shape index (κ2) is 9.24. The summed E-state index contributed by atoms with van der Waals surface area (Å²) in [6.45, 7) is 3.09. The van der Waals surface area contributed by atoms with Gasteiger partial charge in [-0.1, -0.05) is 23.7 Å². The summed E-state index contributed by atoms with van der Waals surface area (Å²) in [5.74, 6) is -0.650. The zero-order valence-electron chi connectivity index (χ0n) is 19.7. The maximum atomic E-state index is 13.4. The zero-order chi connectivity index (χ0) is 25.6. The molecule has 0 spiro atoms. The van der Waals surface area contributed by atoms with Crippen molar-refractivity contribution in [3.05, 3.63) is 58.4 Å². The van der Waals surface area contributed by atoms with Crippen molar-refractivity contribution in [2.24, 2.45) is 0 Å². The smallest absolute Gasteiger partial charge is 0.270 e. The van der Waals surface area contributed by atoms with Gasteiger partial charge >= 0.3 is 0 Å². The van der Waals surface area contributed by atoms with Crippen molar-refractivity contribution in [2.75, 3.05) is 19.7 Å². The van der Waals surface area contributed by atoms with Crippen LogP contribution < -0.4 is 5.32 Å². The third kappa shape index (κ3) is 4.48. The van der Waals surface area contributed by atoms with Crippen LogP contribution in [0.25, 0.3) is 0 Å². The number of carbonyl (C=O) groups is 2. The summed E-state index contributed by atoms with van der Waals surface area (Å²) in [4.78, 5) is 27.5. The Balaban J connectivity index is 1.47. The molecule has 2 aromatic rings. The Bertz CT molecular complexity index is 1230. The Morgan fingerprint density at radius 3 is 2.43 bits per heavy atom. The number of nitrogens with one attached hydrogen (secondary N) is 1. The highest BCUT2D eigenvalue weighted by atomic mass is 35.5. The Morgan fingerprint density at radius 2 is 1.83 bits per heavy atom. The van der Waals surface area contributed by atoms with Crippen LogP contribution in [-0.4, -0.2) is 75.2 Å². The topological polar surface area (TPSA) is 129 Å². The van der Waals surface area contributed by atoms with E-state index < -0.39 is 32.0 Å². The van der Waals surface area contributed by atoms with E-state index in [0.29, 0.717) is 42.3 Å². The molecule has 2 amide bonds. The van der Waals surface area contributed by atoms with Crippen molar-refractivity contribution >= 4 is 33.3 Å². The first-order valence-electron chi connectivity index (χ1n) is 11.5. The van der Waals surface area contributed by atoms with Gasteiger partial charge in [0, 0.05) is 31.2 Å². The van der Waals surface area contributed by atoms with Crippen LogP contribution in [0, 0.1) is 0 Å². The fraction of sp³-hybridized carbons (Fsp3) is 0.500. The average molecular weight is 524 g/mol. The number of hydrogen-bond donors (Lipinski definition) is 3. The summed E-state index contributed by atoms with van der Waals surface area (Å²) in [6.07, 6.45) is -0.645. The minimum absolute atomic E-state index is 0.0129. The van der Waals surface area contributed by atoms with Crippen LogP contribution in [-0.2, 0) is 22.9 Å². The predicted molar refractivity (Wildman–Crippen MR) is 131 cm³/mol. The largest absolute Gasteiger partial charge is 0.394 e. The van der Waals surface area contributed by atoms with Gasteiger partial charge in [0.05, 0.1) is 22.2 Å². The van der Waals surface area contributed by atoms with Crippen LogP contribution in [0.2, 0.25) is 5.02 Å². The maximum absolute atomic E-state index is 13.4. The van der Waals surface area contributed by atoms with Gasteiger partial charge < -0.3 is 25.0 Å². The Hall–Kier alpha value is -2.40. The van der Waals surface area contributed by atoms with Gasteiger partial charge in [-0.05, 0) is 56.5 Å². The molecule has 1 saturated carbocycles. The maximum Gasteiger partial charge on any atom is 0.270 e. The lowest BCUT2D eigenvalue weighted by Gasteiger charge is -2.37. The first-order valence-corrected chi connectivity index (χ1v) is 13.3. The number of aromatic nitrogens is 1. The van der Waals surface area contributed by atoms with Crippen LogP contribution in [0.1, 0.15) is 53.2 Å². The second-order valence-electron chi connectivity index (χ2n) is 9.78. The molecule has 1 fully saturated rings. The first-order chi connectivity index (χ1) is 16.4. The molecular weight excluding hydrogens is 494 g/mol. The highest BCUT2D eigenvalue weighted by Crippen LogP contribution is 2.49. The number of sulfone groups is 1. The number of benzene rings is 1. The average Bonchev–Trinajstić information content (AvgIpc) is 3.50. The number of rotatable bonds is 9. The van der Waals surface area contributed by atoms with E-state index in [-0.39, 0.29) is 24.9 Å². The van der Waals surface area contributed by atoms with Crippen molar-refractivity contribution in [2.45, 2.75) is 55.4 Å². The summed E-state index contributed by atoms with van der Waals surface area (Å²) in [5.41, 5.74) is 1.58. The van der Waals surface area contributed by atoms with Gasteiger partial charge in [0.1, 0.15) is 11.4 Å². The summed E-state index contributed by atoms with van der Waals surface area (Å²) in [6, 6.07) is 10.3. The van der Waals surface area contributed by atoms with Gasteiger partial charge in [0.15, 0.2) is 9.84 Å². The lowest BCUT2D eigenvalue weighted by molar-refractivity contribution is 0.0665. The lowest BCUT2D eigenvalue weighted by Crippen LogP contribution is -2.55. The van der Waals surface area contributed by atoms with Crippen molar-refractivity contribution < 1.29 is 28.2 Å². The number of halogens is 1. The Labute approximate surface area is 209 Å². The van der Waals surface area contributed by atoms with Crippen LogP contribution in [0.15, 0.2) is 36.4 Å². The van der Waals surface area contributed by atoms with E-state index in [1.165, 1.54) is 18.7 Å². The van der Waals surface area contributed by atoms with E-state index in [0.717, 1.165) is 5.56 Å². The highest BCUT2D eigenvalue weighted by molar-refractivity contribution is 7.94. The van der Waals surface area contributed by atoms with Gasteiger partial charge in [-0.15, -0.1) is 0 Å². The Kier molecular flexibility index (Phi) is 6.78. The molecule has 2 heterocycles. The van der Waals surface area contributed by atoms with E-state index in [2.05, 4.69) is 5.32 Å². The van der Waals surface area contributed by atoms with Crippen LogP contribution in [0.4, 0.5) is 0 Å². The molecule has 9 nitrogen and oxygen atoms in total. The van der Waals surface area contributed by atoms with Crippen molar-refractivity contribution in [1.29, 1.82) is 0 Å². The Morgan fingerprint density at radius 1 is 1.17 bits per heavy atom. The van der Waals surface area contributed by atoms with Crippen molar-refractivity contribution in [1.82, 2.24) is 14.8 Å². The quantitative estimate of drug-likeness (QED) is 0.458. The molecule has 0 bridgehead atoms. The van der Waals surface area contributed by atoms with E-state index in [1.54, 1.807) is 28.8 Å². The molecule has 190 valence electrons. The molecule has 1 aromatic heterocycles. The predicted octanol–water partition coefficient (Wildman–Crippen LogP) is 1.61. The molecule has 1 atom stereocenters. The normalized spacial score (nSPS) is 18.2. The van der Waals surface area contributed by atoms with Gasteiger partial charge in [-0.3, -0.25) is 9.59 Å². The number of nitrogens with zero attached hydrogens (tertiary/aromatic N) is 2. The van der Waals surface area contributed by atoms with Gasteiger partial charge in [-0.2, -0.15) is 0 Å². The molecule has 4 rings (SSSR count). The second-order valence-corrected chi connectivity index (χ2v) is 13.1. The van der Waals surface area contributed by atoms with Crippen LogP contribution in [0.5, 0.6) is 0 Å². The molecule has 2 aliphatic rings.